The number of aliphatic hydroxyl groups is 1. The quantitative estimate of drug-likeness (QED) is 0.728. The summed E-state index contributed by atoms with van der Waals surface area (Å²) in [5.74, 6) is -0.353. The molecule has 0 aliphatic heterocycles. The molecule has 134 valence electrons. The lowest BCUT2D eigenvalue weighted by Crippen LogP contribution is -2.27. The number of carboxylic acid groups (broad SMARTS) is 1. The molecular weight excluding hydrogens is 332 g/mol. The smallest absolute Gasteiger partial charge is 0.335 e. The van der Waals surface area contributed by atoms with Gasteiger partial charge in [0.25, 0.3) is 0 Å². The number of nitrogens with zero attached hydrogens (tertiary/aromatic N) is 4. The Hall–Kier alpha value is -3.06. The van der Waals surface area contributed by atoms with Gasteiger partial charge in [0.05, 0.1) is 28.9 Å². The normalized spacial score (nSPS) is 11.1. The molecule has 7 nitrogen and oxygen atoms in total. The average molecular weight is 352 g/mol. The molecule has 0 unspecified atom stereocenters. The van der Waals surface area contributed by atoms with Gasteiger partial charge >= 0.3 is 5.97 Å². The first-order chi connectivity index (χ1) is 12.4. The minimum Gasteiger partial charge on any atom is -0.478 e. The van der Waals surface area contributed by atoms with Crippen LogP contribution < -0.4 is 4.90 Å². The number of aromatic carboxylic acids is 1. The number of aliphatic hydroxyl groups excluding tert-OH is 1. The van der Waals surface area contributed by atoms with Crippen LogP contribution in [-0.4, -0.2) is 44.2 Å². The van der Waals surface area contributed by atoms with Crippen LogP contribution >= 0.6 is 0 Å². The molecule has 2 N–H and O–H groups in total. The van der Waals surface area contributed by atoms with E-state index in [9.17, 15) is 15.0 Å². The first kappa shape index (κ1) is 17.8. The van der Waals surface area contributed by atoms with Crippen molar-refractivity contribution in [3.8, 4) is 11.3 Å². The van der Waals surface area contributed by atoms with E-state index >= 15 is 0 Å². The Balaban J connectivity index is 2.22. The predicted molar refractivity (Wildman–Crippen MR) is 99.2 cm³/mol. The topological polar surface area (TPSA) is 99.4 Å². The molecule has 0 fully saturated rings. The van der Waals surface area contributed by atoms with E-state index in [2.05, 4.69) is 9.97 Å². The molecule has 0 amide bonds. The molecule has 0 atom stereocenters. The van der Waals surface area contributed by atoms with Crippen LogP contribution in [0.3, 0.4) is 0 Å². The molecular formula is C19H20N4O3. The van der Waals surface area contributed by atoms with Crippen LogP contribution in [0, 0.1) is 0 Å². The predicted octanol–water partition coefficient (Wildman–Crippen LogP) is 2.73. The van der Waals surface area contributed by atoms with Gasteiger partial charge in [0.2, 0.25) is 0 Å². The Kier molecular flexibility index (Phi) is 4.81. The highest BCUT2D eigenvalue weighted by molar-refractivity contribution is 5.93. The number of hydrogen-bond acceptors (Lipinski definition) is 6. The highest BCUT2D eigenvalue weighted by Gasteiger charge is 2.18. The molecule has 0 saturated heterocycles. The molecule has 0 bridgehead atoms. The molecule has 0 aliphatic rings. The molecule has 0 aliphatic carbocycles. The summed E-state index contributed by atoms with van der Waals surface area (Å²) in [7, 11) is 1.92. The maximum absolute atomic E-state index is 11.2. The van der Waals surface area contributed by atoms with Gasteiger partial charge in [0.15, 0.2) is 5.82 Å². The van der Waals surface area contributed by atoms with E-state index in [1.807, 2.05) is 31.9 Å². The van der Waals surface area contributed by atoms with Gasteiger partial charge in [-0.25, -0.2) is 14.8 Å². The fraction of sp³-hybridized carbons (Fsp3) is 0.263. The van der Waals surface area contributed by atoms with Crippen LogP contribution in [0.1, 0.15) is 29.9 Å². The van der Waals surface area contributed by atoms with Gasteiger partial charge in [-0.05, 0) is 44.2 Å². The van der Waals surface area contributed by atoms with Crippen LogP contribution in [-0.2, 0) is 6.61 Å². The van der Waals surface area contributed by atoms with Crippen molar-refractivity contribution in [1.82, 2.24) is 15.0 Å². The monoisotopic (exact) mass is 352 g/mol. The summed E-state index contributed by atoms with van der Waals surface area (Å²) in [6.07, 6.45) is 1.66. The molecule has 7 heteroatoms. The summed E-state index contributed by atoms with van der Waals surface area (Å²) in [4.78, 5) is 26.8. The molecule has 0 spiro atoms. The zero-order valence-corrected chi connectivity index (χ0v) is 14.8. The van der Waals surface area contributed by atoms with Crippen LogP contribution in [0.5, 0.6) is 0 Å². The largest absolute Gasteiger partial charge is 0.478 e. The van der Waals surface area contributed by atoms with E-state index in [1.54, 1.807) is 18.3 Å². The first-order valence-corrected chi connectivity index (χ1v) is 8.24. The standard InChI is InChI=1S/C19H20N4O3/c1-11(2)23(3)18-17(13-4-6-14(10-24)20-9-13)21-15-7-5-12(19(25)26)8-16(15)22-18/h4-9,11,24H,10H2,1-3H3,(H,25,26). The van der Waals surface area contributed by atoms with Crippen LogP contribution in [0.4, 0.5) is 5.82 Å². The fourth-order valence-electron chi connectivity index (χ4n) is 2.52. The van der Waals surface area contributed by atoms with Gasteiger partial charge in [-0.2, -0.15) is 0 Å². The Labute approximate surface area is 151 Å². The molecule has 1 aromatic carbocycles. The second-order valence-electron chi connectivity index (χ2n) is 6.31. The van der Waals surface area contributed by atoms with Crippen molar-refractivity contribution in [2.75, 3.05) is 11.9 Å². The van der Waals surface area contributed by atoms with Crippen molar-refractivity contribution in [1.29, 1.82) is 0 Å². The summed E-state index contributed by atoms with van der Waals surface area (Å²) in [6, 6.07) is 8.46. The third-order valence-corrected chi connectivity index (χ3v) is 4.26. The number of aromatic nitrogens is 3. The summed E-state index contributed by atoms with van der Waals surface area (Å²) in [5.41, 5.74) is 3.32. The maximum atomic E-state index is 11.2. The summed E-state index contributed by atoms with van der Waals surface area (Å²) in [5, 5.41) is 18.4. The highest BCUT2D eigenvalue weighted by Crippen LogP contribution is 2.30. The summed E-state index contributed by atoms with van der Waals surface area (Å²) in [6.45, 7) is 3.95. The Morgan fingerprint density at radius 2 is 1.92 bits per heavy atom. The van der Waals surface area contributed by atoms with Gasteiger partial charge in [0, 0.05) is 24.8 Å². The van der Waals surface area contributed by atoms with Gasteiger partial charge in [0.1, 0.15) is 5.69 Å². The number of rotatable bonds is 5. The minimum absolute atomic E-state index is 0.125. The lowest BCUT2D eigenvalue weighted by molar-refractivity contribution is 0.0697. The minimum atomic E-state index is -1.000. The Morgan fingerprint density at radius 3 is 2.50 bits per heavy atom. The zero-order valence-electron chi connectivity index (χ0n) is 14.8. The second kappa shape index (κ2) is 7.05. The van der Waals surface area contributed by atoms with Gasteiger partial charge in [-0.1, -0.05) is 0 Å². The van der Waals surface area contributed by atoms with Crippen molar-refractivity contribution in [3.05, 3.63) is 47.8 Å². The van der Waals surface area contributed by atoms with Crippen LogP contribution in [0.2, 0.25) is 0 Å². The van der Waals surface area contributed by atoms with E-state index in [0.29, 0.717) is 28.2 Å². The molecule has 3 rings (SSSR count). The number of benzene rings is 1. The number of hydrogen-bond donors (Lipinski definition) is 2. The van der Waals surface area contributed by atoms with E-state index in [0.717, 1.165) is 5.56 Å². The first-order valence-electron chi connectivity index (χ1n) is 8.24. The SMILES string of the molecule is CC(C)N(C)c1nc2cc(C(=O)O)ccc2nc1-c1ccc(CO)nc1. The second-order valence-corrected chi connectivity index (χ2v) is 6.31. The zero-order chi connectivity index (χ0) is 18.8. The number of carboxylic acids is 1. The third-order valence-electron chi connectivity index (χ3n) is 4.26. The van der Waals surface area contributed by atoms with E-state index < -0.39 is 5.97 Å². The van der Waals surface area contributed by atoms with E-state index in [1.165, 1.54) is 12.1 Å². The van der Waals surface area contributed by atoms with Gasteiger partial charge in [-0.15, -0.1) is 0 Å². The summed E-state index contributed by atoms with van der Waals surface area (Å²) >= 11 is 0. The third kappa shape index (κ3) is 3.34. The lowest BCUT2D eigenvalue weighted by Gasteiger charge is -2.25. The molecule has 26 heavy (non-hydrogen) atoms. The Bertz CT molecular complexity index is 955. The van der Waals surface area contributed by atoms with Crippen molar-refractivity contribution < 1.29 is 15.0 Å². The molecule has 0 radical (unpaired) electrons. The average Bonchev–Trinajstić information content (AvgIpc) is 2.65. The number of fused-ring (bicyclic) bond motifs is 1. The highest BCUT2D eigenvalue weighted by atomic mass is 16.4. The fourth-order valence-corrected chi connectivity index (χ4v) is 2.52. The van der Waals surface area contributed by atoms with Crippen LogP contribution in [0.15, 0.2) is 36.5 Å². The lowest BCUT2D eigenvalue weighted by atomic mass is 10.1. The maximum Gasteiger partial charge on any atom is 0.335 e. The van der Waals surface area contributed by atoms with E-state index in [4.69, 9.17) is 4.98 Å². The number of anilines is 1. The molecule has 3 aromatic rings. The van der Waals surface area contributed by atoms with Crippen molar-refractivity contribution in [2.45, 2.75) is 26.5 Å². The van der Waals surface area contributed by atoms with E-state index in [-0.39, 0.29) is 18.2 Å². The van der Waals surface area contributed by atoms with Crippen molar-refractivity contribution >= 4 is 22.8 Å². The van der Waals surface area contributed by atoms with Crippen molar-refractivity contribution in [3.63, 3.8) is 0 Å². The molecule has 0 saturated carbocycles. The van der Waals surface area contributed by atoms with Crippen molar-refractivity contribution in [2.24, 2.45) is 0 Å². The molecule has 2 heterocycles. The number of carbonyl (C=O) groups is 1. The van der Waals surface area contributed by atoms with Gasteiger partial charge in [-0.3, -0.25) is 4.98 Å². The Morgan fingerprint density at radius 1 is 1.15 bits per heavy atom. The van der Waals surface area contributed by atoms with Crippen LogP contribution in [0.25, 0.3) is 22.3 Å². The number of pyridine rings is 1. The molecule has 2 aromatic heterocycles. The van der Waals surface area contributed by atoms with Gasteiger partial charge < -0.3 is 15.1 Å². The summed E-state index contributed by atoms with van der Waals surface area (Å²) < 4.78 is 0.